The van der Waals surface area contributed by atoms with E-state index in [1.54, 1.807) is 17.0 Å². The smallest absolute Gasteiger partial charge is 0.311 e. The fourth-order valence-electron chi connectivity index (χ4n) is 2.95. The maximum Gasteiger partial charge on any atom is 0.311 e. The van der Waals surface area contributed by atoms with Crippen LogP contribution in [0.5, 0.6) is 0 Å². The van der Waals surface area contributed by atoms with Crippen LogP contribution in [0.2, 0.25) is 0 Å². The first kappa shape index (κ1) is 19.6. The molecule has 0 saturated carbocycles. The molecule has 0 aliphatic rings. The normalized spacial score (nSPS) is 10.7. The number of ether oxygens (including phenoxy) is 1. The van der Waals surface area contributed by atoms with E-state index in [2.05, 4.69) is 15.4 Å². The Balaban J connectivity index is 1.60. The number of esters is 1. The molecule has 8 nitrogen and oxygen atoms in total. The number of benzene rings is 1. The lowest BCUT2D eigenvalue weighted by atomic mass is 10.3. The molecule has 1 aromatic carbocycles. The molecule has 0 bridgehead atoms. The third-order valence-corrected chi connectivity index (χ3v) is 5.05. The van der Waals surface area contributed by atoms with E-state index in [-0.39, 0.29) is 18.3 Å². The molecular formula is C21H19N5O3S. The zero-order valence-electron chi connectivity index (χ0n) is 16.2. The predicted molar refractivity (Wildman–Crippen MR) is 113 cm³/mol. The number of nitrogens with one attached hydrogen (secondary N) is 1. The summed E-state index contributed by atoms with van der Waals surface area (Å²) in [6.07, 6.45) is 5.31. The van der Waals surface area contributed by atoms with Crippen LogP contribution < -0.4 is 5.32 Å². The van der Waals surface area contributed by atoms with Crippen LogP contribution in [-0.2, 0) is 16.0 Å². The standard InChI is InChI=1S/C21H19N5O3S/c1-2-29-18(27)12-15-14-30-21(23-15)24-19(28)17-13-22-26(16-8-4-3-5-9-16)20(17)25-10-6-7-11-25/h3-11,13-14H,2,12H2,1H3,(H,23,24,28). The van der Waals surface area contributed by atoms with E-state index in [0.29, 0.717) is 28.8 Å². The lowest BCUT2D eigenvalue weighted by molar-refractivity contribution is -0.142. The summed E-state index contributed by atoms with van der Waals surface area (Å²) < 4.78 is 8.48. The third kappa shape index (κ3) is 4.15. The van der Waals surface area contributed by atoms with E-state index in [4.69, 9.17) is 4.74 Å². The number of rotatable bonds is 7. The molecule has 30 heavy (non-hydrogen) atoms. The summed E-state index contributed by atoms with van der Waals surface area (Å²) in [6, 6.07) is 13.4. The zero-order valence-corrected chi connectivity index (χ0v) is 17.0. The fraction of sp³-hybridized carbons (Fsp3) is 0.143. The summed E-state index contributed by atoms with van der Waals surface area (Å²) in [5.41, 5.74) is 1.79. The number of hydrogen-bond acceptors (Lipinski definition) is 6. The van der Waals surface area contributed by atoms with Crippen molar-refractivity contribution < 1.29 is 14.3 Å². The summed E-state index contributed by atoms with van der Waals surface area (Å²) >= 11 is 1.25. The van der Waals surface area contributed by atoms with Crippen LogP contribution in [0.1, 0.15) is 23.0 Å². The van der Waals surface area contributed by atoms with Gasteiger partial charge in [-0.2, -0.15) is 5.10 Å². The quantitative estimate of drug-likeness (QED) is 0.462. The van der Waals surface area contributed by atoms with Gasteiger partial charge in [-0.3, -0.25) is 14.9 Å². The minimum absolute atomic E-state index is 0.0702. The van der Waals surface area contributed by atoms with Crippen LogP contribution in [0.15, 0.2) is 66.4 Å². The summed E-state index contributed by atoms with van der Waals surface area (Å²) in [6.45, 7) is 2.07. The molecule has 0 aliphatic carbocycles. The molecule has 0 atom stereocenters. The number of nitrogens with zero attached hydrogens (tertiary/aromatic N) is 4. The summed E-state index contributed by atoms with van der Waals surface area (Å²) in [5, 5.41) is 9.36. The Kier molecular flexibility index (Phi) is 5.71. The Morgan fingerprint density at radius 3 is 2.63 bits per heavy atom. The number of para-hydroxylation sites is 1. The Morgan fingerprint density at radius 1 is 1.13 bits per heavy atom. The Morgan fingerprint density at radius 2 is 1.90 bits per heavy atom. The Hall–Kier alpha value is -3.72. The second-order valence-electron chi connectivity index (χ2n) is 6.30. The minimum Gasteiger partial charge on any atom is -0.466 e. The van der Waals surface area contributed by atoms with Gasteiger partial charge in [0.2, 0.25) is 0 Å². The van der Waals surface area contributed by atoms with Crippen molar-refractivity contribution in [3.05, 3.63) is 77.7 Å². The maximum atomic E-state index is 13.0. The molecular weight excluding hydrogens is 402 g/mol. The Labute approximate surface area is 176 Å². The van der Waals surface area contributed by atoms with Crippen molar-refractivity contribution >= 4 is 28.3 Å². The average molecular weight is 421 g/mol. The lowest BCUT2D eigenvalue weighted by Gasteiger charge is -2.10. The first-order valence-electron chi connectivity index (χ1n) is 9.34. The molecule has 9 heteroatoms. The van der Waals surface area contributed by atoms with Crippen LogP contribution in [0, 0.1) is 0 Å². The van der Waals surface area contributed by atoms with Gasteiger partial charge in [0.25, 0.3) is 5.91 Å². The van der Waals surface area contributed by atoms with E-state index >= 15 is 0 Å². The van der Waals surface area contributed by atoms with Gasteiger partial charge in [0, 0.05) is 17.8 Å². The van der Waals surface area contributed by atoms with Crippen LogP contribution in [0.3, 0.4) is 0 Å². The Bertz CT molecular complexity index is 1150. The average Bonchev–Trinajstić information content (AvgIpc) is 3.49. The van der Waals surface area contributed by atoms with Gasteiger partial charge in [0.05, 0.1) is 30.6 Å². The van der Waals surface area contributed by atoms with Crippen molar-refractivity contribution in [1.82, 2.24) is 19.3 Å². The molecule has 0 aliphatic heterocycles. The number of carbonyl (C=O) groups excluding carboxylic acids is 2. The number of thiazole rings is 1. The van der Waals surface area contributed by atoms with Crippen molar-refractivity contribution in [2.75, 3.05) is 11.9 Å². The summed E-state index contributed by atoms with van der Waals surface area (Å²) in [5.74, 6) is -0.0652. The molecule has 0 spiro atoms. The van der Waals surface area contributed by atoms with Crippen molar-refractivity contribution in [3.63, 3.8) is 0 Å². The number of hydrogen-bond donors (Lipinski definition) is 1. The number of carbonyl (C=O) groups is 2. The van der Waals surface area contributed by atoms with Crippen molar-refractivity contribution in [1.29, 1.82) is 0 Å². The first-order valence-corrected chi connectivity index (χ1v) is 10.2. The number of aromatic nitrogens is 4. The van der Waals surface area contributed by atoms with Crippen LogP contribution >= 0.6 is 11.3 Å². The lowest BCUT2D eigenvalue weighted by Crippen LogP contribution is -2.15. The van der Waals surface area contributed by atoms with Crippen molar-refractivity contribution in [3.8, 4) is 11.5 Å². The highest BCUT2D eigenvalue weighted by atomic mass is 32.1. The molecule has 0 saturated heterocycles. The summed E-state index contributed by atoms with van der Waals surface area (Å²) in [4.78, 5) is 28.9. The predicted octanol–water partition coefficient (Wildman–Crippen LogP) is 3.48. The molecule has 1 N–H and O–H groups in total. The molecule has 3 heterocycles. The first-order chi connectivity index (χ1) is 14.7. The SMILES string of the molecule is CCOC(=O)Cc1csc(NC(=O)c2cnn(-c3ccccc3)c2-n2cccc2)n1. The van der Waals surface area contributed by atoms with Gasteiger partial charge in [0.1, 0.15) is 5.56 Å². The van der Waals surface area contributed by atoms with Gasteiger partial charge in [-0.25, -0.2) is 9.67 Å². The van der Waals surface area contributed by atoms with Crippen LogP contribution in [0.25, 0.3) is 11.5 Å². The molecule has 4 aromatic rings. The van der Waals surface area contributed by atoms with Crippen molar-refractivity contribution in [2.45, 2.75) is 13.3 Å². The summed E-state index contributed by atoms with van der Waals surface area (Å²) in [7, 11) is 0. The molecule has 0 radical (unpaired) electrons. The highest BCUT2D eigenvalue weighted by Crippen LogP contribution is 2.22. The number of anilines is 1. The second-order valence-corrected chi connectivity index (χ2v) is 7.16. The molecule has 1 amide bonds. The molecule has 3 aromatic heterocycles. The monoisotopic (exact) mass is 421 g/mol. The van der Waals surface area contributed by atoms with Gasteiger partial charge in [-0.15, -0.1) is 11.3 Å². The van der Waals surface area contributed by atoms with E-state index in [1.165, 1.54) is 17.5 Å². The van der Waals surface area contributed by atoms with Gasteiger partial charge in [-0.05, 0) is 31.2 Å². The maximum absolute atomic E-state index is 13.0. The molecule has 0 fully saturated rings. The van der Waals surface area contributed by atoms with Gasteiger partial charge < -0.3 is 9.30 Å². The molecule has 152 valence electrons. The molecule has 0 unspecified atom stereocenters. The van der Waals surface area contributed by atoms with Crippen LogP contribution in [-0.4, -0.2) is 37.8 Å². The van der Waals surface area contributed by atoms with Gasteiger partial charge >= 0.3 is 5.97 Å². The highest BCUT2D eigenvalue weighted by molar-refractivity contribution is 7.14. The largest absolute Gasteiger partial charge is 0.466 e. The topological polar surface area (TPSA) is 91.0 Å². The third-order valence-electron chi connectivity index (χ3n) is 4.24. The zero-order chi connectivity index (χ0) is 20.9. The second kappa shape index (κ2) is 8.75. The molecule has 4 rings (SSSR count). The van der Waals surface area contributed by atoms with E-state index in [0.717, 1.165) is 5.69 Å². The van der Waals surface area contributed by atoms with Crippen molar-refractivity contribution in [2.24, 2.45) is 0 Å². The fourth-order valence-corrected chi connectivity index (χ4v) is 3.66. The highest BCUT2D eigenvalue weighted by Gasteiger charge is 2.21. The van der Waals surface area contributed by atoms with E-state index < -0.39 is 0 Å². The van der Waals surface area contributed by atoms with Gasteiger partial charge in [-0.1, -0.05) is 18.2 Å². The number of amides is 1. The minimum atomic E-state index is -0.347. The van der Waals surface area contributed by atoms with Gasteiger partial charge in [0.15, 0.2) is 10.9 Å². The van der Waals surface area contributed by atoms with Crippen LogP contribution in [0.4, 0.5) is 5.13 Å². The van der Waals surface area contributed by atoms with E-state index in [9.17, 15) is 9.59 Å². The van der Waals surface area contributed by atoms with E-state index in [1.807, 2.05) is 59.4 Å².